The van der Waals surface area contributed by atoms with E-state index in [9.17, 15) is 5.11 Å². The van der Waals surface area contributed by atoms with E-state index in [4.69, 9.17) is 4.74 Å². The number of hydrogen-bond donors (Lipinski definition) is 2. The molecule has 2 unspecified atom stereocenters. The molecule has 1 saturated heterocycles. The second-order valence-electron chi connectivity index (χ2n) is 5.46. The van der Waals surface area contributed by atoms with Crippen molar-refractivity contribution in [2.75, 3.05) is 13.2 Å². The quantitative estimate of drug-likeness (QED) is 0.891. The van der Waals surface area contributed by atoms with Crippen LogP contribution in [0.5, 0.6) is 0 Å². The van der Waals surface area contributed by atoms with Gasteiger partial charge >= 0.3 is 0 Å². The van der Waals surface area contributed by atoms with Crippen LogP contribution in [0.3, 0.4) is 0 Å². The zero-order valence-corrected chi connectivity index (χ0v) is 12.9. The molecule has 2 heterocycles. The molecule has 0 radical (unpaired) electrons. The molecule has 112 valence electrons. The smallest absolute Gasteiger partial charge is 0.107 e. The van der Waals surface area contributed by atoms with E-state index in [1.807, 2.05) is 25.1 Å². The summed E-state index contributed by atoms with van der Waals surface area (Å²) in [7, 11) is 0. The summed E-state index contributed by atoms with van der Waals surface area (Å²) in [6, 6.07) is 10.2. The van der Waals surface area contributed by atoms with Gasteiger partial charge in [0.1, 0.15) is 10.6 Å². The Morgan fingerprint density at radius 1 is 1.43 bits per heavy atom. The molecule has 0 aliphatic carbocycles. The van der Waals surface area contributed by atoms with Crippen LogP contribution in [-0.4, -0.2) is 34.9 Å². The zero-order chi connectivity index (χ0) is 14.7. The van der Waals surface area contributed by atoms with Gasteiger partial charge in [0.05, 0.1) is 11.8 Å². The second kappa shape index (κ2) is 6.23. The fourth-order valence-corrected chi connectivity index (χ4v) is 3.30. The summed E-state index contributed by atoms with van der Waals surface area (Å²) in [5, 5.41) is 16.8. The summed E-state index contributed by atoms with van der Waals surface area (Å²) >= 11 is 1.64. The Kier molecular flexibility index (Phi) is 4.35. The predicted molar refractivity (Wildman–Crippen MR) is 84.2 cm³/mol. The minimum atomic E-state index is -0.750. The fraction of sp³-hybridized carbons (Fsp3) is 0.438. The van der Waals surface area contributed by atoms with Gasteiger partial charge in [0.25, 0.3) is 0 Å². The summed E-state index contributed by atoms with van der Waals surface area (Å²) in [5.41, 5.74) is 1.39. The van der Waals surface area contributed by atoms with E-state index in [-0.39, 0.29) is 6.10 Å². The standard InChI is InChI=1S/C16H20N2O2S/c1-12-16(19,7-8-20-12)11-17-9-15-18-14(10-21-15)13-5-3-2-4-6-13/h2-6,10,12,17,19H,7-9,11H2,1H3. The van der Waals surface area contributed by atoms with Crippen LogP contribution in [0.25, 0.3) is 11.3 Å². The lowest BCUT2D eigenvalue weighted by Crippen LogP contribution is -2.45. The average Bonchev–Trinajstić information content (AvgIpc) is 3.09. The molecule has 5 heteroatoms. The molecule has 1 aromatic carbocycles. The van der Waals surface area contributed by atoms with Crippen LogP contribution in [0.4, 0.5) is 0 Å². The molecule has 1 aromatic heterocycles. The number of thiazole rings is 1. The minimum absolute atomic E-state index is 0.110. The summed E-state index contributed by atoms with van der Waals surface area (Å²) in [6.07, 6.45) is 0.579. The summed E-state index contributed by atoms with van der Waals surface area (Å²) < 4.78 is 5.43. The van der Waals surface area contributed by atoms with Gasteiger partial charge in [-0.3, -0.25) is 0 Å². The summed E-state index contributed by atoms with van der Waals surface area (Å²) in [5.74, 6) is 0. The van der Waals surface area contributed by atoms with Gasteiger partial charge < -0.3 is 15.2 Å². The first kappa shape index (κ1) is 14.7. The average molecular weight is 304 g/mol. The maximum atomic E-state index is 10.4. The SMILES string of the molecule is CC1OCCC1(O)CNCc1nc(-c2ccccc2)cs1. The van der Waals surface area contributed by atoms with Crippen LogP contribution in [0.15, 0.2) is 35.7 Å². The van der Waals surface area contributed by atoms with Crippen molar-refractivity contribution < 1.29 is 9.84 Å². The highest BCUT2D eigenvalue weighted by Gasteiger charge is 2.38. The maximum Gasteiger partial charge on any atom is 0.107 e. The molecule has 2 aromatic rings. The summed E-state index contributed by atoms with van der Waals surface area (Å²) in [4.78, 5) is 4.63. The molecule has 2 atom stereocenters. The van der Waals surface area contributed by atoms with Crippen molar-refractivity contribution in [2.24, 2.45) is 0 Å². The Balaban J connectivity index is 1.56. The van der Waals surface area contributed by atoms with Gasteiger partial charge in [0, 0.05) is 37.1 Å². The van der Waals surface area contributed by atoms with Crippen molar-refractivity contribution in [1.29, 1.82) is 0 Å². The Hall–Kier alpha value is -1.27. The first-order valence-corrected chi connectivity index (χ1v) is 8.10. The number of hydrogen-bond acceptors (Lipinski definition) is 5. The molecule has 4 nitrogen and oxygen atoms in total. The third kappa shape index (κ3) is 3.32. The van der Waals surface area contributed by atoms with Crippen molar-refractivity contribution in [3.8, 4) is 11.3 Å². The predicted octanol–water partition coefficient (Wildman–Crippen LogP) is 2.44. The summed E-state index contributed by atoms with van der Waals surface area (Å²) in [6.45, 7) is 3.77. The Labute approximate surface area is 128 Å². The molecule has 1 aliphatic heterocycles. The molecule has 0 amide bonds. The van der Waals surface area contributed by atoms with Gasteiger partial charge in [0.15, 0.2) is 0 Å². The van der Waals surface area contributed by atoms with Crippen molar-refractivity contribution in [1.82, 2.24) is 10.3 Å². The number of aromatic nitrogens is 1. The fourth-order valence-electron chi connectivity index (χ4n) is 2.52. The molecule has 0 spiro atoms. The minimum Gasteiger partial charge on any atom is -0.386 e. The molecule has 21 heavy (non-hydrogen) atoms. The molecule has 1 aliphatic rings. The normalized spacial score (nSPS) is 25.3. The van der Waals surface area contributed by atoms with Crippen molar-refractivity contribution in [3.05, 3.63) is 40.7 Å². The topological polar surface area (TPSA) is 54.4 Å². The Morgan fingerprint density at radius 3 is 2.95 bits per heavy atom. The van der Waals surface area contributed by atoms with E-state index in [1.54, 1.807) is 11.3 Å². The number of nitrogens with zero attached hydrogens (tertiary/aromatic N) is 1. The van der Waals surface area contributed by atoms with Gasteiger partial charge in [-0.25, -0.2) is 4.98 Å². The van der Waals surface area contributed by atoms with E-state index in [1.165, 1.54) is 0 Å². The van der Waals surface area contributed by atoms with Gasteiger partial charge in [-0.05, 0) is 6.92 Å². The maximum absolute atomic E-state index is 10.4. The van der Waals surface area contributed by atoms with E-state index in [0.717, 1.165) is 16.3 Å². The number of nitrogens with one attached hydrogen (secondary N) is 1. The highest BCUT2D eigenvalue weighted by Crippen LogP contribution is 2.25. The highest BCUT2D eigenvalue weighted by atomic mass is 32.1. The zero-order valence-electron chi connectivity index (χ0n) is 12.1. The Bertz CT molecular complexity index is 587. The van der Waals surface area contributed by atoms with Crippen molar-refractivity contribution in [3.63, 3.8) is 0 Å². The van der Waals surface area contributed by atoms with Crippen LogP contribution in [0.2, 0.25) is 0 Å². The van der Waals surface area contributed by atoms with Crippen LogP contribution in [0.1, 0.15) is 18.4 Å². The molecular weight excluding hydrogens is 284 g/mol. The van der Waals surface area contributed by atoms with Crippen molar-refractivity contribution >= 4 is 11.3 Å². The number of rotatable bonds is 5. The van der Waals surface area contributed by atoms with E-state index in [0.29, 0.717) is 26.1 Å². The highest BCUT2D eigenvalue weighted by molar-refractivity contribution is 7.09. The van der Waals surface area contributed by atoms with E-state index < -0.39 is 5.60 Å². The molecular formula is C16H20N2O2S. The van der Waals surface area contributed by atoms with Crippen LogP contribution in [-0.2, 0) is 11.3 Å². The number of benzene rings is 1. The van der Waals surface area contributed by atoms with E-state index in [2.05, 4.69) is 27.8 Å². The van der Waals surface area contributed by atoms with Gasteiger partial charge in [-0.2, -0.15) is 0 Å². The molecule has 1 fully saturated rings. The lowest BCUT2D eigenvalue weighted by Gasteiger charge is -2.26. The molecule has 2 N–H and O–H groups in total. The second-order valence-corrected chi connectivity index (χ2v) is 6.41. The van der Waals surface area contributed by atoms with Gasteiger partial charge in [0.2, 0.25) is 0 Å². The lowest BCUT2D eigenvalue weighted by molar-refractivity contribution is -0.0262. The number of aliphatic hydroxyl groups is 1. The van der Waals surface area contributed by atoms with Crippen molar-refractivity contribution in [2.45, 2.75) is 31.6 Å². The van der Waals surface area contributed by atoms with E-state index >= 15 is 0 Å². The van der Waals surface area contributed by atoms with Crippen LogP contribution in [0, 0.1) is 0 Å². The van der Waals surface area contributed by atoms with Gasteiger partial charge in [-0.15, -0.1) is 11.3 Å². The van der Waals surface area contributed by atoms with Crippen LogP contribution < -0.4 is 5.32 Å². The van der Waals surface area contributed by atoms with Gasteiger partial charge in [-0.1, -0.05) is 30.3 Å². The third-order valence-corrected chi connectivity index (χ3v) is 4.84. The third-order valence-electron chi connectivity index (χ3n) is 3.99. The Morgan fingerprint density at radius 2 is 2.24 bits per heavy atom. The first-order valence-electron chi connectivity index (χ1n) is 7.22. The molecule has 0 bridgehead atoms. The number of ether oxygens (including phenoxy) is 1. The van der Waals surface area contributed by atoms with Crippen LogP contribution >= 0.6 is 11.3 Å². The lowest BCUT2D eigenvalue weighted by atomic mass is 9.97. The monoisotopic (exact) mass is 304 g/mol. The molecule has 3 rings (SSSR count). The first-order chi connectivity index (χ1) is 10.2. The largest absolute Gasteiger partial charge is 0.386 e. The molecule has 0 saturated carbocycles.